The number of halogens is 4. The van der Waals surface area contributed by atoms with Crippen molar-refractivity contribution in [3.8, 4) is 11.7 Å². The van der Waals surface area contributed by atoms with Crippen LogP contribution < -0.4 is 10.3 Å². The third-order valence-corrected chi connectivity index (χ3v) is 3.31. The fourth-order valence-corrected chi connectivity index (χ4v) is 2.19. The van der Waals surface area contributed by atoms with Crippen molar-refractivity contribution < 1.29 is 27.8 Å². The summed E-state index contributed by atoms with van der Waals surface area (Å²) in [6.07, 6.45) is -2.82. The van der Waals surface area contributed by atoms with E-state index in [-0.39, 0.29) is 22.4 Å². The van der Waals surface area contributed by atoms with Crippen LogP contribution in [0.1, 0.15) is 10.4 Å². The van der Waals surface area contributed by atoms with E-state index in [1.807, 2.05) is 0 Å². The van der Waals surface area contributed by atoms with Gasteiger partial charge in [0, 0.05) is 6.20 Å². The topological polar surface area (TPSA) is 110 Å². The van der Waals surface area contributed by atoms with Crippen molar-refractivity contribution in [2.75, 3.05) is 0 Å². The standard InChI is InChI=1S/C13H6ClF3N4O4/c14-7-2-8-6(1-9(7)25-13(15,16)17)10(22)20-12(19-8)21-4-5(3-18-21)11(23)24/h1-4H,(H,23,24)(H,19,20,22). The Kier molecular flexibility index (Phi) is 3.87. The van der Waals surface area contributed by atoms with Gasteiger partial charge in [-0.3, -0.25) is 9.78 Å². The van der Waals surface area contributed by atoms with Gasteiger partial charge in [0.05, 0.1) is 27.7 Å². The molecule has 0 atom stereocenters. The highest BCUT2D eigenvalue weighted by atomic mass is 35.5. The Bertz CT molecular complexity index is 1040. The molecule has 0 bridgehead atoms. The number of aromatic carboxylic acids is 1. The lowest BCUT2D eigenvalue weighted by atomic mass is 10.2. The van der Waals surface area contributed by atoms with Crippen molar-refractivity contribution in [2.24, 2.45) is 0 Å². The van der Waals surface area contributed by atoms with Gasteiger partial charge in [0.1, 0.15) is 5.75 Å². The lowest BCUT2D eigenvalue weighted by Gasteiger charge is -2.11. The largest absolute Gasteiger partial charge is 0.573 e. The van der Waals surface area contributed by atoms with Crippen LogP contribution in [-0.4, -0.2) is 37.2 Å². The smallest absolute Gasteiger partial charge is 0.478 e. The van der Waals surface area contributed by atoms with Gasteiger partial charge in [0.25, 0.3) is 5.56 Å². The summed E-state index contributed by atoms with van der Waals surface area (Å²) in [6.45, 7) is 0. The SMILES string of the molecule is O=C(O)c1cnn(-c2nc3cc(Cl)c(OC(F)(F)F)cc3c(=O)[nH]2)c1. The molecule has 0 aliphatic rings. The second-order valence-electron chi connectivity index (χ2n) is 4.72. The van der Waals surface area contributed by atoms with Gasteiger partial charge < -0.3 is 9.84 Å². The fraction of sp³-hybridized carbons (Fsp3) is 0.0769. The third-order valence-electron chi connectivity index (χ3n) is 3.02. The molecule has 0 saturated heterocycles. The van der Waals surface area contributed by atoms with Gasteiger partial charge in [-0.25, -0.2) is 14.5 Å². The van der Waals surface area contributed by atoms with E-state index in [0.717, 1.165) is 29.2 Å². The molecule has 3 aromatic rings. The number of carboxylic acid groups (broad SMARTS) is 1. The molecule has 12 heteroatoms. The molecule has 0 amide bonds. The van der Waals surface area contributed by atoms with E-state index in [4.69, 9.17) is 16.7 Å². The number of aromatic nitrogens is 4. The van der Waals surface area contributed by atoms with Crippen LogP contribution in [0.4, 0.5) is 13.2 Å². The van der Waals surface area contributed by atoms with Crippen LogP contribution >= 0.6 is 11.6 Å². The number of carboxylic acids is 1. The Labute approximate surface area is 140 Å². The lowest BCUT2D eigenvalue weighted by molar-refractivity contribution is -0.274. The minimum atomic E-state index is -4.97. The molecule has 1 aromatic carbocycles. The summed E-state index contributed by atoms with van der Waals surface area (Å²) in [5, 5.41) is 12.0. The zero-order valence-electron chi connectivity index (χ0n) is 11.8. The average Bonchev–Trinajstić information content (AvgIpc) is 2.97. The minimum Gasteiger partial charge on any atom is -0.478 e. The first kappa shape index (κ1) is 16.8. The van der Waals surface area contributed by atoms with E-state index in [1.54, 1.807) is 0 Å². The van der Waals surface area contributed by atoms with Crippen molar-refractivity contribution in [3.05, 3.63) is 45.5 Å². The number of rotatable bonds is 3. The Morgan fingerprint density at radius 1 is 1.36 bits per heavy atom. The molecule has 8 nitrogen and oxygen atoms in total. The van der Waals surface area contributed by atoms with Gasteiger partial charge in [-0.05, 0) is 12.1 Å². The Hall–Kier alpha value is -3.08. The Balaban J connectivity index is 2.12. The van der Waals surface area contributed by atoms with Crippen LogP contribution in [0, 0.1) is 0 Å². The second-order valence-corrected chi connectivity index (χ2v) is 5.12. The van der Waals surface area contributed by atoms with E-state index in [2.05, 4.69) is 19.8 Å². The van der Waals surface area contributed by atoms with Crippen LogP contribution in [0.25, 0.3) is 16.9 Å². The average molecular weight is 375 g/mol. The van der Waals surface area contributed by atoms with Gasteiger partial charge in [-0.2, -0.15) is 5.10 Å². The molecule has 2 heterocycles. The van der Waals surface area contributed by atoms with Crippen LogP contribution in [0.3, 0.4) is 0 Å². The number of hydrogen-bond donors (Lipinski definition) is 2. The van der Waals surface area contributed by atoms with E-state index in [9.17, 15) is 22.8 Å². The molecule has 25 heavy (non-hydrogen) atoms. The van der Waals surface area contributed by atoms with Crippen molar-refractivity contribution in [3.63, 3.8) is 0 Å². The van der Waals surface area contributed by atoms with Gasteiger partial charge in [-0.15, -0.1) is 13.2 Å². The van der Waals surface area contributed by atoms with Crippen molar-refractivity contribution >= 4 is 28.5 Å². The minimum absolute atomic E-state index is 0.0225. The molecule has 0 radical (unpaired) electrons. The summed E-state index contributed by atoms with van der Waals surface area (Å²) in [5.41, 5.74) is -0.948. The molecule has 0 unspecified atom stereocenters. The molecule has 0 aliphatic heterocycles. The van der Waals surface area contributed by atoms with E-state index in [0.29, 0.717) is 0 Å². The molecule has 0 aliphatic carbocycles. The van der Waals surface area contributed by atoms with Crippen molar-refractivity contribution in [2.45, 2.75) is 6.36 Å². The number of ether oxygens (including phenoxy) is 1. The normalized spacial score (nSPS) is 11.7. The number of carbonyl (C=O) groups is 1. The van der Waals surface area contributed by atoms with E-state index >= 15 is 0 Å². The van der Waals surface area contributed by atoms with E-state index in [1.165, 1.54) is 0 Å². The first-order chi connectivity index (χ1) is 11.6. The van der Waals surface area contributed by atoms with Crippen LogP contribution in [0.5, 0.6) is 5.75 Å². The van der Waals surface area contributed by atoms with E-state index < -0.39 is 28.7 Å². The fourth-order valence-electron chi connectivity index (χ4n) is 1.99. The molecule has 3 rings (SSSR count). The Morgan fingerprint density at radius 3 is 2.68 bits per heavy atom. The van der Waals surface area contributed by atoms with Crippen molar-refractivity contribution in [1.29, 1.82) is 0 Å². The highest BCUT2D eigenvalue weighted by molar-refractivity contribution is 6.32. The molecule has 0 fully saturated rings. The van der Waals surface area contributed by atoms with Crippen LogP contribution in [0.2, 0.25) is 5.02 Å². The number of fused-ring (bicyclic) bond motifs is 1. The highest BCUT2D eigenvalue weighted by Gasteiger charge is 2.32. The van der Waals surface area contributed by atoms with Crippen LogP contribution in [0.15, 0.2) is 29.3 Å². The first-order valence-electron chi connectivity index (χ1n) is 6.42. The molecule has 2 N–H and O–H groups in total. The predicted octanol–water partition coefficient (Wildman–Crippen LogP) is 2.36. The summed E-state index contributed by atoms with van der Waals surface area (Å²) in [4.78, 5) is 29.3. The van der Waals surface area contributed by atoms with Gasteiger partial charge >= 0.3 is 12.3 Å². The molecule has 0 saturated carbocycles. The highest BCUT2D eigenvalue weighted by Crippen LogP contribution is 2.32. The molecular formula is C13H6ClF3N4O4. The predicted molar refractivity (Wildman–Crippen MR) is 78.1 cm³/mol. The third kappa shape index (κ3) is 3.40. The maximum Gasteiger partial charge on any atom is 0.573 e. The number of aromatic amines is 1. The number of nitrogens with one attached hydrogen (secondary N) is 1. The summed E-state index contributed by atoms with van der Waals surface area (Å²) >= 11 is 5.73. The van der Waals surface area contributed by atoms with Gasteiger partial charge in [0.2, 0.25) is 5.95 Å². The second kappa shape index (κ2) is 5.77. The van der Waals surface area contributed by atoms with Crippen molar-refractivity contribution in [1.82, 2.24) is 19.7 Å². The molecule has 2 aromatic heterocycles. The number of nitrogens with zero attached hydrogens (tertiary/aromatic N) is 3. The Morgan fingerprint density at radius 2 is 2.08 bits per heavy atom. The maximum atomic E-state index is 12.3. The number of alkyl halides is 3. The summed E-state index contributed by atoms with van der Waals surface area (Å²) < 4.78 is 41.7. The van der Waals surface area contributed by atoms with Gasteiger partial charge in [0.15, 0.2) is 0 Å². The molecule has 0 spiro atoms. The quantitative estimate of drug-likeness (QED) is 0.728. The first-order valence-corrected chi connectivity index (χ1v) is 6.79. The van der Waals surface area contributed by atoms with Crippen LogP contribution in [-0.2, 0) is 0 Å². The zero-order chi connectivity index (χ0) is 18.4. The summed E-state index contributed by atoms with van der Waals surface area (Å²) in [7, 11) is 0. The summed E-state index contributed by atoms with van der Waals surface area (Å²) in [5.74, 6) is -2.11. The lowest BCUT2D eigenvalue weighted by Crippen LogP contribution is -2.18. The number of hydrogen-bond acceptors (Lipinski definition) is 5. The molecular weight excluding hydrogens is 369 g/mol. The maximum absolute atomic E-state index is 12.3. The zero-order valence-corrected chi connectivity index (χ0v) is 12.6. The molecule has 130 valence electrons. The monoisotopic (exact) mass is 374 g/mol. The van der Waals surface area contributed by atoms with Gasteiger partial charge in [-0.1, -0.05) is 11.6 Å². The number of H-pyrrole nitrogens is 1. The summed E-state index contributed by atoms with van der Waals surface area (Å²) in [6, 6.07) is 1.84. The number of benzene rings is 1.